The quantitative estimate of drug-likeness (QED) is 0.848. The molecular weight excluding hydrogens is 283 g/mol. The number of hydrogen-bond acceptors (Lipinski definition) is 3. The van der Waals surface area contributed by atoms with Gasteiger partial charge in [-0.3, -0.25) is 9.52 Å². The summed E-state index contributed by atoms with van der Waals surface area (Å²) in [6.07, 6.45) is 0.718. The molecule has 1 aromatic carbocycles. The predicted molar refractivity (Wildman–Crippen MR) is 77.6 cm³/mol. The molecule has 1 amide bonds. The molecule has 0 aliphatic heterocycles. The van der Waals surface area contributed by atoms with Crippen molar-refractivity contribution in [2.45, 2.75) is 27.2 Å². The van der Waals surface area contributed by atoms with E-state index in [1.54, 1.807) is 0 Å². The zero-order valence-electron chi connectivity index (χ0n) is 11.7. The van der Waals surface area contributed by atoms with Gasteiger partial charge in [0.2, 0.25) is 15.9 Å². The largest absolute Gasteiger partial charge is 0.326 e. The van der Waals surface area contributed by atoms with E-state index in [9.17, 15) is 17.6 Å². The lowest BCUT2D eigenvalue weighted by Crippen LogP contribution is -2.21. The Kier molecular flexibility index (Phi) is 5.50. The number of rotatable bonds is 6. The summed E-state index contributed by atoms with van der Waals surface area (Å²) in [4.78, 5) is 10.9. The average molecular weight is 302 g/mol. The molecule has 0 aliphatic carbocycles. The number of hydrogen-bond donors (Lipinski definition) is 2. The Morgan fingerprint density at radius 1 is 1.40 bits per heavy atom. The Labute approximate surface area is 118 Å². The summed E-state index contributed by atoms with van der Waals surface area (Å²) in [5.41, 5.74) is 0.166. The van der Waals surface area contributed by atoms with Crippen LogP contribution in [0.5, 0.6) is 0 Å². The highest BCUT2D eigenvalue weighted by Gasteiger charge is 2.17. The first kappa shape index (κ1) is 16.4. The van der Waals surface area contributed by atoms with Crippen LogP contribution >= 0.6 is 0 Å². The van der Waals surface area contributed by atoms with E-state index in [0.717, 1.165) is 12.5 Å². The van der Waals surface area contributed by atoms with E-state index in [1.165, 1.54) is 19.1 Å². The van der Waals surface area contributed by atoms with Gasteiger partial charge in [-0.05, 0) is 24.1 Å². The lowest BCUT2D eigenvalue weighted by atomic mass is 10.2. The summed E-state index contributed by atoms with van der Waals surface area (Å²) in [5, 5.41) is 2.47. The molecule has 1 atom stereocenters. The van der Waals surface area contributed by atoms with Crippen LogP contribution in [0, 0.1) is 11.7 Å². The monoisotopic (exact) mass is 302 g/mol. The second-order valence-corrected chi connectivity index (χ2v) is 6.54. The second-order valence-electron chi connectivity index (χ2n) is 4.77. The normalized spacial score (nSPS) is 12.8. The minimum atomic E-state index is -3.62. The topological polar surface area (TPSA) is 75.3 Å². The van der Waals surface area contributed by atoms with Crippen LogP contribution < -0.4 is 10.0 Å². The van der Waals surface area contributed by atoms with Crippen LogP contribution in [0.2, 0.25) is 0 Å². The van der Waals surface area contributed by atoms with E-state index in [4.69, 9.17) is 0 Å². The first-order valence-corrected chi connectivity index (χ1v) is 7.96. The molecule has 0 heterocycles. The molecule has 20 heavy (non-hydrogen) atoms. The molecule has 2 N–H and O–H groups in total. The molecule has 5 nitrogen and oxygen atoms in total. The fourth-order valence-corrected chi connectivity index (χ4v) is 3.15. The molecule has 0 saturated carbocycles. The first-order chi connectivity index (χ1) is 9.23. The van der Waals surface area contributed by atoms with Gasteiger partial charge in [-0.25, -0.2) is 12.8 Å². The second kappa shape index (κ2) is 6.69. The van der Waals surface area contributed by atoms with Crippen molar-refractivity contribution in [1.29, 1.82) is 0 Å². The van der Waals surface area contributed by atoms with E-state index in [1.807, 2.05) is 13.8 Å². The van der Waals surface area contributed by atoms with E-state index in [0.29, 0.717) is 5.69 Å². The molecule has 0 unspecified atom stereocenters. The van der Waals surface area contributed by atoms with Gasteiger partial charge in [0.15, 0.2) is 0 Å². The van der Waals surface area contributed by atoms with Gasteiger partial charge in [-0.1, -0.05) is 20.3 Å². The van der Waals surface area contributed by atoms with Gasteiger partial charge in [0.1, 0.15) is 5.82 Å². The number of anilines is 2. The predicted octanol–water partition coefficient (Wildman–Crippen LogP) is 2.57. The van der Waals surface area contributed by atoms with Crippen LogP contribution in [0.4, 0.5) is 15.8 Å². The number of nitrogens with one attached hydrogen (secondary N) is 2. The van der Waals surface area contributed by atoms with Crippen LogP contribution in [0.1, 0.15) is 27.2 Å². The van der Waals surface area contributed by atoms with Crippen LogP contribution in [0.25, 0.3) is 0 Å². The molecule has 1 aromatic rings. The zero-order chi connectivity index (χ0) is 15.3. The molecule has 1 rings (SSSR count). The van der Waals surface area contributed by atoms with Crippen molar-refractivity contribution in [3.05, 3.63) is 24.0 Å². The van der Waals surface area contributed by atoms with Crippen LogP contribution in [0.3, 0.4) is 0 Å². The fraction of sp³-hybridized carbons (Fsp3) is 0.462. The molecule has 0 aliphatic rings. The molecule has 0 aromatic heterocycles. The van der Waals surface area contributed by atoms with Crippen molar-refractivity contribution in [2.24, 2.45) is 5.92 Å². The standard InChI is InChI=1S/C13H19FN2O3S/c1-4-9(2)8-20(18,19)16-13-7-11(15-10(3)17)5-6-12(13)14/h5-7,9,16H,4,8H2,1-3H3,(H,15,17)/t9-/m0/s1. The lowest BCUT2D eigenvalue weighted by molar-refractivity contribution is -0.114. The van der Waals surface area contributed by atoms with Crippen LogP contribution in [-0.4, -0.2) is 20.1 Å². The molecule has 0 radical (unpaired) electrons. The Morgan fingerprint density at radius 2 is 2.05 bits per heavy atom. The first-order valence-electron chi connectivity index (χ1n) is 6.31. The van der Waals surface area contributed by atoms with Gasteiger partial charge in [0, 0.05) is 12.6 Å². The van der Waals surface area contributed by atoms with E-state index < -0.39 is 15.8 Å². The number of sulfonamides is 1. The number of carbonyl (C=O) groups is 1. The molecule has 112 valence electrons. The van der Waals surface area contributed by atoms with Crippen molar-refractivity contribution in [1.82, 2.24) is 0 Å². The van der Waals surface area contributed by atoms with Crippen molar-refractivity contribution in [3.63, 3.8) is 0 Å². The average Bonchev–Trinajstić information content (AvgIpc) is 2.31. The summed E-state index contributed by atoms with van der Waals surface area (Å²) in [6, 6.07) is 3.72. The maximum Gasteiger partial charge on any atom is 0.233 e. The zero-order valence-corrected chi connectivity index (χ0v) is 12.6. The summed E-state index contributed by atoms with van der Waals surface area (Å²) < 4.78 is 39.6. The smallest absolute Gasteiger partial charge is 0.233 e. The van der Waals surface area contributed by atoms with Gasteiger partial charge in [-0.2, -0.15) is 0 Å². The Bertz CT molecular complexity index is 587. The third-order valence-corrected chi connectivity index (χ3v) is 4.29. The Hall–Kier alpha value is -1.63. The van der Waals surface area contributed by atoms with Gasteiger partial charge < -0.3 is 5.32 Å². The van der Waals surface area contributed by atoms with Crippen LogP contribution in [0.15, 0.2) is 18.2 Å². The Balaban J connectivity index is 2.93. The summed E-state index contributed by atoms with van der Waals surface area (Å²) >= 11 is 0. The van der Waals surface area contributed by atoms with Crippen molar-refractivity contribution >= 4 is 27.3 Å². The highest BCUT2D eigenvalue weighted by atomic mass is 32.2. The van der Waals surface area contributed by atoms with Crippen molar-refractivity contribution in [2.75, 3.05) is 15.8 Å². The third-order valence-electron chi connectivity index (χ3n) is 2.75. The van der Waals surface area contributed by atoms with E-state index >= 15 is 0 Å². The highest BCUT2D eigenvalue weighted by Crippen LogP contribution is 2.21. The van der Waals surface area contributed by atoms with Gasteiger partial charge in [0.05, 0.1) is 11.4 Å². The van der Waals surface area contributed by atoms with Gasteiger partial charge in [-0.15, -0.1) is 0 Å². The SMILES string of the molecule is CC[C@H](C)CS(=O)(=O)Nc1cc(NC(C)=O)ccc1F. The number of benzene rings is 1. The number of carbonyl (C=O) groups excluding carboxylic acids is 1. The summed E-state index contributed by atoms with van der Waals surface area (Å²) in [5.74, 6) is -1.10. The number of amides is 1. The molecule has 0 fully saturated rings. The van der Waals surface area contributed by atoms with Crippen molar-refractivity contribution < 1.29 is 17.6 Å². The minimum absolute atomic E-state index is 0.0194. The molecule has 7 heteroatoms. The van der Waals surface area contributed by atoms with Gasteiger partial charge in [0.25, 0.3) is 0 Å². The third kappa shape index (κ3) is 5.16. The molecular formula is C13H19FN2O3S. The lowest BCUT2D eigenvalue weighted by Gasteiger charge is -2.13. The molecule has 0 spiro atoms. The maximum atomic E-state index is 13.6. The van der Waals surface area contributed by atoms with Gasteiger partial charge >= 0.3 is 0 Å². The minimum Gasteiger partial charge on any atom is -0.326 e. The van der Waals surface area contributed by atoms with E-state index in [2.05, 4.69) is 10.0 Å². The summed E-state index contributed by atoms with van der Waals surface area (Å²) in [6.45, 7) is 5.01. The number of halogens is 1. The maximum absolute atomic E-state index is 13.6. The molecule has 0 bridgehead atoms. The van der Waals surface area contributed by atoms with Crippen LogP contribution in [-0.2, 0) is 14.8 Å². The Morgan fingerprint density at radius 3 is 2.60 bits per heavy atom. The van der Waals surface area contributed by atoms with Crippen molar-refractivity contribution in [3.8, 4) is 0 Å². The highest BCUT2D eigenvalue weighted by molar-refractivity contribution is 7.92. The molecule has 0 saturated heterocycles. The summed E-state index contributed by atoms with van der Waals surface area (Å²) in [7, 11) is -3.62. The van der Waals surface area contributed by atoms with E-state index in [-0.39, 0.29) is 23.3 Å². The fourth-order valence-electron chi connectivity index (χ4n) is 1.59.